The van der Waals surface area contributed by atoms with Crippen LogP contribution in [0.2, 0.25) is 0 Å². The number of aromatic nitrogens is 5. The zero-order valence-corrected chi connectivity index (χ0v) is 16.1. The third-order valence-electron chi connectivity index (χ3n) is 5.14. The SMILES string of the molecule is Cc1[nH]nc(C(=O)Cc2cnc3[nH]c(-c4ccnc5c4OCCO5)cc3c2)c1C. The van der Waals surface area contributed by atoms with Gasteiger partial charge in [-0.05, 0) is 37.6 Å². The largest absolute Gasteiger partial charge is 0.484 e. The molecule has 8 heteroatoms. The van der Waals surface area contributed by atoms with Gasteiger partial charge in [-0.25, -0.2) is 9.97 Å². The normalized spacial score (nSPS) is 13.0. The molecule has 4 aromatic heterocycles. The fraction of sp³-hybridized carbons (Fsp3) is 0.238. The molecular formula is C21H19N5O3. The number of aromatic amines is 2. The maximum Gasteiger partial charge on any atom is 0.257 e. The second-order valence-electron chi connectivity index (χ2n) is 7.08. The van der Waals surface area contributed by atoms with Crippen LogP contribution in [0.4, 0.5) is 0 Å². The molecule has 0 atom stereocenters. The number of nitrogens with zero attached hydrogens (tertiary/aromatic N) is 3. The zero-order valence-electron chi connectivity index (χ0n) is 16.1. The van der Waals surface area contributed by atoms with Gasteiger partial charge in [0, 0.05) is 41.0 Å². The fourth-order valence-corrected chi connectivity index (χ4v) is 3.49. The van der Waals surface area contributed by atoms with Crippen molar-refractivity contribution < 1.29 is 14.3 Å². The highest BCUT2D eigenvalue weighted by Gasteiger charge is 2.20. The number of aryl methyl sites for hydroxylation is 1. The Morgan fingerprint density at radius 2 is 2.03 bits per heavy atom. The number of hydrogen-bond donors (Lipinski definition) is 2. The summed E-state index contributed by atoms with van der Waals surface area (Å²) in [6.07, 6.45) is 3.66. The molecule has 29 heavy (non-hydrogen) atoms. The Morgan fingerprint density at radius 3 is 2.86 bits per heavy atom. The summed E-state index contributed by atoms with van der Waals surface area (Å²) in [6.45, 7) is 4.78. The first-order valence-electron chi connectivity index (χ1n) is 9.37. The molecule has 146 valence electrons. The summed E-state index contributed by atoms with van der Waals surface area (Å²) in [5, 5.41) is 7.91. The van der Waals surface area contributed by atoms with Crippen molar-refractivity contribution >= 4 is 16.8 Å². The van der Waals surface area contributed by atoms with Gasteiger partial charge in [-0.1, -0.05) is 0 Å². The molecule has 0 radical (unpaired) electrons. The number of fused-ring (bicyclic) bond motifs is 2. The minimum atomic E-state index is -0.0301. The predicted molar refractivity (Wildman–Crippen MR) is 106 cm³/mol. The van der Waals surface area contributed by atoms with Crippen LogP contribution in [0.25, 0.3) is 22.3 Å². The Balaban J connectivity index is 1.47. The molecule has 0 bridgehead atoms. The van der Waals surface area contributed by atoms with E-state index in [1.165, 1.54) is 0 Å². The molecule has 5 heterocycles. The van der Waals surface area contributed by atoms with Gasteiger partial charge < -0.3 is 14.5 Å². The molecule has 5 rings (SSSR count). The lowest BCUT2D eigenvalue weighted by Crippen LogP contribution is -2.16. The second kappa shape index (κ2) is 6.73. The van der Waals surface area contributed by atoms with Crippen LogP contribution < -0.4 is 9.47 Å². The van der Waals surface area contributed by atoms with E-state index in [-0.39, 0.29) is 12.2 Å². The van der Waals surface area contributed by atoms with Gasteiger partial charge in [0.2, 0.25) is 0 Å². The third-order valence-corrected chi connectivity index (χ3v) is 5.14. The van der Waals surface area contributed by atoms with Crippen LogP contribution in [0.5, 0.6) is 11.6 Å². The Bertz CT molecular complexity index is 1240. The summed E-state index contributed by atoms with van der Waals surface area (Å²) in [4.78, 5) is 24.6. The van der Waals surface area contributed by atoms with E-state index < -0.39 is 0 Å². The highest BCUT2D eigenvalue weighted by Crippen LogP contribution is 2.38. The first kappa shape index (κ1) is 17.4. The summed E-state index contributed by atoms with van der Waals surface area (Å²) < 4.78 is 11.3. The molecule has 2 N–H and O–H groups in total. The van der Waals surface area contributed by atoms with Crippen molar-refractivity contribution in [2.24, 2.45) is 0 Å². The van der Waals surface area contributed by atoms with Gasteiger partial charge in [0.05, 0.1) is 5.69 Å². The highest BCUT2D eigenvalue weighted by atomic mass is 16.6. The molecule has 0 aliphatic carbocycles. The van der Waals surface area contributed by atoms with E-state index in [4.69, 9.17) is 9.47 Å². The molecule has 0 spiro atoms. The summed E-state index contributed by atoms with van der Waals surface area (Å²) in [6, 6.07) is 5.85. The number of ketones is 1. The van der Waals surface area contributed by atoms with Crippen molar-refractivity contribution in [3.8, 4) is 22.9 Å². The average Bonchev–Trinajstić information content (AvgIpc) is 3.30. The van der Waals surface area contributed by atoms with Gasteiger partial charge in [0.25, 0.3) is 5.88 Å². The van der Waals surface area contributed by atoms with Gasteiger partial charge in [0.1, 0.15) is 24.6 Å². The number of pyridine rings is 2. The van der Waals surface area contributed by atoms with Gasteiger partial charge in [-0.3, -0.25) is 9.89 Å². The number of H-pyrrole nitrogens is 2. The van der Waals surface area contributed by atoms with E-state index in [9.17, 15) is 4.79 Å². The lowest BCUT2D eigenvalue weighted by atomic mass is 10.0. The summed E-state index contributed by atoms with van der Waals surface area (Å²) in [5.41, 5.74) is 5.58. The van der Waals surface area contributed by atoms with Crippen molar-refractivity contribution in [3.05, 3.63) is 53.1 Å². The van der Waals surface area contributed by atoms with Crippen LogP contribution in [0, 0.1) is 13.8 Å². The summed E-state index contributed by atoms with van der Waals surface area (Å²) in [7, 11) is 0. The number of nitrogens with one attached hydrogen (secondary N) is 2. The third kappa shape index (κ3) is 3.02. The molecular weight excluding hydrogens is 370 g/mol. The van der Waals surface area contributed by atoms with Crippen molar-refractivity contribution in [1.29, 1.82) is 0 Å². The van der Waals surface area contributed by atoms with Gasteiger partial charge in [-0.2, -0.15) is 5.10 Å². The van der Waals surface area contributed by atoms with Gasteiger partial charge in [0.15, 0.2) is 11.5 Å². The van der Waals surface area contributed by atoms with E-state index >= 15 is 0 Å². The topological polar surface area (TPSA) is 106 Å². The Kier molecular flexibility index (Phi) is 4.04. The fourth-order valence-electron chi connectivity index (χ4n) is 3.49. The molecule has 8 nitrogen and oxygen atoms in total. The second-order valence-corrected chi connectivity index (χ2v) is 7.08. The number of carbonyl (C=O) groups is 1. The molecule has 1 aliphatic rings. The average molecular weight is 389 g/mol. The van der Waals surface area contributed by atoms with E-state index in [2.05, 4.69) is 25.1 Å². The Hall–Kier alpha value is -3.68. The lowest BCUT2D eigenvalue weighted by Gasteiger charge is -2.19. The Labute approximate surface area is 166 Å². The lowest BCUT2D eigenvalue weighted by molar-refractivity contribution is 0.0987. The van der Waals surface area contributed by atoms with Crippen LogP contribution in [0.1, 0.15) is 27.3 Å². The quantitative estimate of drug-likeness (QED) is 0.520. The molecule has 0 amide bonds. The van der Waals surface area contributed by atoms with Crippen LogP contribution in [-0.2, 0) is 6.42 Å². The summed E-state index contributed by atoms with van der Waals surface area (Å²) >= 11 is 0. The molecule has 4 aromatic rings. The number of rotatable bonds is 4. The van der Waals surface area contributed by atoms with Crippen molar-refractivity contribution in [2.45, 2.75) is 20.3 Å². The standard InChI is InChI=1S/C21H19N5O3/c1-11-12(2)25-26-18(11)17(27)8-13-7-14-9-16(24-20(14)23-10-13)15-3-4-22-21-19(15)28-5-6-29-21/h3-4,7,9-10H,5-6,8H2,1-2H3,(H,23,24)(H,25,26). The maximum atomic E-state index is 12.6. The van der Waals surface area contributed by atoms with Crippen LogP contribution in [0.3, 0.4) is 0 Å². The van der Waals surface area contributed by atoms with E-state index in [1.807, 2.05) is 32.0 Å². The van der Waals surface area contributed by atoms with Crippen molar-refractivity contribution in [3.63, 3.8) is 0 Å². The zero-order chi connectivity index (χ0) is 20.0. The molecule has 0 saturated heterocycles. The van der Waals surface area contributed by atoms with Crippen LogP contribution in [-0.4, -0.2) is 44.1 Å². The summed E-state index contributed by atoms with van der Waals surface area (Å²) in [5.74, 6) is 1.10. The van der Waals surface area contributed by atoms with Crippen molar-refractivity contribution in [2.75, 3.05) is 13.2 Å². The predicted octanol–water partition coefficient (Wildman–Crippen LogP) is 3.16. The number of carbonyl (C=O) groups excluding carboxylic acids is 1. The minimum absolute atomic E-state index is 0.0301. The first-order chi connectivity index (χ1) is 14.1. The van der Waals surface area contributed by atoms with Gasteiger partial charge in [-0.15, -0.1) is 0 Å². The van der Waals surface area contributed by atoms with Crippen LogP contribution >= 0.6 is 0 Å². The maximum absolute atomic E-state index is 12.6. The smallest absolute Gasteiger partial charge is 0.257 e. The molecule has 0 saturated carbocycles. The monoisotopic (exact) mass is 389 g/mol. The highest BCUT2D eigenvalue weighted by molar-refractivity contribution is 5.97. The number of ether oxygens (including phenoxy) is 2. The van der Waals surface area contributed by atoms with Crippen LogP contribution in [0.15, 0.2) is 30.6 Å². The van der Waals surface area contributed by atoms with E-state index in [1.54, 1.807) is 12.4 Å². The molecule has 0 fully saturated rings. The van der Waals surface area contributed by atoms with E-state index in [0.717, 1.165) is 39.1 Å². The van der Waals surface area contributed by atoms with Crippen molar-refractivity contribution in [1.82, 2.24) is 25.1 Å². The number of Topliss-reactive ketones (excluding diaryl/α,β-unsaturated/α-hetero) is 1. The number of hydrogen-bond acceptors (Lipinski definition) is 6. The molecule has 0 aromatic carbocycles. The van der Waals surface area contributed by atoms with Gasteiger partial charge >= 0.3 is 0 Å². The Morgan fingerprint density at radius 1 is 1.17 bits per heavy atom. The molecule has 0 unspecified atom stereocenters. The molecule has 1 aliphatic heterocycles. The minimum Gasteiger partial charge on any atom is -0.484 e. The van der Waals surface area contributed by atoms with E-state index in [0.29, 0.717) is 30.5 Å². The first-order valence-corrected chi connectivity index (χ1v) is 9.37.